The Kier molecular flexibility index (Phi) is 2.38. The molecule has 0 atom stereocenters. The second-order valence-electron chi connectivity index (χ2n) is 3.67. The van der Waals surface area contributed by atoms with Crippen LogP contribution in [0, 0.1) is 0 Å². The maximum absolute atomic E-state index is 5.70. The van der Waals surface area contributed by atoms with E-state index < -0.39 is 0 Å². The predicted molar refractivity (Wildman–Crippen MR) is 59.9 cm³/mol. The lowest BCUT2D eigenvalue weighted by molar-refractivity contribution is 0.350. The highest BCUT2D eigenvalue weighted by atomic mass is 16.5. The summed E-state index contributed by atoms with van der Waals surface area (Å²) in [5, 5.41) is 0. The number of ether oxygens (including phenoxy) is 1. The van der Waals surface area contributed by atoms with Gasteiger partial charge in [-0.3, -0.25) is 4.57 Å². The molecule has 0 amide bonds. The summed E-state index contributed by atoms with van der Waals surface area (Å²) in [6.07, 6.45) is 1.60. The standard InChI is InChI=1S/C10H12BN3O/c1-6(2)14-8-4-7(11)5-12-9(8)13-10(14)15-3/h4-6H,1-3H3. The smallest absolute Gasteiger partial charge is 0.298 e. The Morgan fingerprint density at radius 2 is 2.20 bits per heavy atom. The number of fused-ring (bicyclic) bond motifs is 1. The Morgan fingerprint density at radius 3 is 2.80 bits per heavy atom. The van der Waals surface area contributed by atoms with Crippen LogP contribution in [0.4, 0.5) is 0 Å². The van der Waals surface area contributed by atoms with Crippen LogP contribution in [0.5, 0.6) is 6.01 Å². The highest BCUT2D eigenvalue weighted by Crippen LogP contribution is 2.23. The normalized spacial score (nSPS) is 11.2. The fraction of sp³-hybridized carbons (Fsp3) is 0.400. The quantitative estimate of drug-likeness (QED) is 0.675. The zero-order valence-corrected chi connectivity index (χ0v) is 9.06. The Morgan fingerprint density at radius 1 is 1.47 bits per heavy atom. The molecule has 0 saturated heterocycles. The lowest BCUT2D eigenvalue weighted by atomic mass is 9.99. The first-order valence-electron chi connectivity index (χ1n) is 4.81. The van der Waals surface area contributed by atoms with Gasteiger partial charge in [0.25, 0.3) is 6.01 Å². The molecular formula is C10H12BN3O. The van der Waals surface area contributed by atoms with Gasteiger partial charge in [0.15, 0.2) is 5.65 Å². The number of aromatic nitrogens is 3. The molecule has 5 heteroatoms. The number of hydrogen-bond acceptors (Lipinski definition) is 3. The van der Waals surface area contributed by atoms with Gasteiger partial charge in [-0.1, -0.05) is 5.46 Å². The van der Waals surface area contributed by atoms with Crippen molar-refractivity contribution in [1.29, 1.82) is 0 Å². The van der Waals surface area contributed by atoms with Gasteiger partial charge in [-0.25, -0.2) is 4.98 Å². The van der Waals surface area contributed by atoms with E-state index in [4.69, 9.17) is 12.6 Å². The van der Waals surface area contributed by atoms with E-state index >= 15 is 0 Å². The molecular weight excluding hydrogens is 189 g/mol. The Bertz CT molecular complexity index is 493. The molecule has 2 aromatic rings. The summed E-state index contributed by atoms with van der Waals surface area (Å²) in [4.78, 5) is 8.42. The number of pyridine rings is 1. The van der Waals surface area contributed by atoms with E-state index in [0.29, 0.717) is 17.1 Å². The van der Waals surface area contributed by atoms with E-state index in [1.807, 2.05) is 10.6 Å². The van der Waals surface area contributed by atoms with Crippen LogP contribution in [0.2, 0.25) is 0 Å². The lowest BCUT2D eigenvalue weighted by Crippen LogP contribution is -2.07. The van der Waals surface area contributed by atoms with Crippen LogP contribution in [0.25, 0.3) is 11.2 Å². The molecule has 0 N–H and O–H groups in total. The predicted octanol–water partition coefficient (Wildman–Crippen LogP) is 0.815. The van der Waals surface area contributed by atoms with Gasteiger partial charge in [-0.15, -0.1) is 0 Å². The summed E-state index contributed by atoms with van der Waals surface area (Å²) >= 11 is 0. The number of hydrogen-bond donors (Lipinski definition) is 0. The van der Waals surface area contributed by atoms with Crippen LogP contribution in [-0.2, 0) is 0 Å². The molecule has 0 aliphatic carbocycles. The van der Waals surface area contributed by atoms with E-state index in [9.17, 15) is 0 Å². The minimum Gasteiger partial charge on any atom is -0.468 e. The van der Waals surface area contributed by atoms with E-state index in [2.05, 4.69) is 23.8 Å². The Balaban J connectivity index is 2.76. The maximum Gasteiger partial charge on any atom is 0.298 e. The van der Waals surface area contributed by atoms with Crippen LogP contribution in [0.1, 0.15) is 19.9 Å². The lowest BCUT2D eigenvalue weighted by Gasteiger charge is -2.11. The van der Waals surface area contributed by atoms with Crippen molar-refractivity contribution in [2.45, 2.75) is 19.9 Å². The van der Waals surface area contributed by atoms with Crippen molar-refractivity contribution in [1.82, 2.24) is 14.5 Å². The first-order chi connectivity index (χ1) is 7.13. The molecule has 76 valence electrons. The molecule has 0 unspecified atom stereocenters. The van der Waals surface area contributed by atoms with Crippen LogP contribution in [0.15, 0.2) is 12.3 Å². The third-order valence-corrected chi connectivity index (χ3v) is 2.23. The minimum absolute atomic E-state index is 0.258. The number of nitrogens with zero attached hydrogens (tertiary/aromatic N) is 3. The second kappa shape index (κ2) is 3.57. The summed E-state index contributed by atoms with van der Waals surface area (Å²) in [6, 6.07) is 2.68. The zero-order valence-electron chi connectivity index (χ0n) is 9.06. The molecule has 4 nitrogen and oxygen atoms in total. The van der Waals surface area contributed by atoms with Gasteiger partial charge in [0, 0.05) is 12.2 Å². The van der Waals surface area contributed by atoms with Crippen molar-refractivity contribution in [2.75, 3.05) is 7.11 Å². The molecule has 2 heterocycles. The van der Waals surface area contributed by atoms with Gasteiger partial charge in [-0.2, -0.15) is 4.98 Å². The molecule has 0 fully saturated rings. The van der Waals surface area contributed by atoms with Crippen molar-refractivity contribution in [3.05, 3.63) is 12.3 Å². The topological polar surface area (TPSA) is 39.9 Å². The van der Waals surface area contributed by atoms with E-state index in [1.165, 1.54) is 0 Å². The SMILES string of the molecule is [B]c1cnc2nc(OC)n(C(C)C)c2c1. The van der Waals surface area contributed by atoms with Crippen LogP contribution in [-0.4, -0.2) is 29.5 Å². The third-order valence-electron chi connectivity index (χ3n) is 2.23. The fourth-order valence-corrected chi connectivity index (χ4v) is 1.62. The highest BCUT2D eigenvalue weighted by molar-refractivity contribution is 6.32. The second-order valence-corrected chi connectivity index (χ2v) is 3.67. The van der Waals surface area contributed by atoms with Crippen LogP contribution >= 0.6 is 0 Å². The van der Waals surface area contributed by atoms with E-state index in [1.54, 1.807) is 13.3 Å². The minimum atomic E-state index is 0.258. The average molecular weight is 201 g/mol. The molecule has 15 heavy (non-hydrogen) atoms. The van der Waals surface area contributed by atoms with Crippen molar-refractivity contribution in [2.24, 2.45) is 0 Å². The van der Waals surface area contributed by atoms with Crippen molar-refractivity contribution in [3.8, 4) is 6.01 Å². The number of imidazole rings is 1. The first-order valence-corrected chi connectivity index (χ1v) is 4.81. The van der Waals surface area contributed by atoms with Crippen molar-refractivity contribution >= 4 is 24.5 Å². The Labute approximate surface area is 89.7 Å². The van der Waals surface area contributed by atoms with Crippen molar-refractivity contribution in [3.63, 3.8) is 0 Å². The maximum atomic E-state index is 5.70. The van der Waals surface area contributed by atoms with Crippen LogP contribution in [0.3, 0.4) is 0 Å². The summed E-state index contributed by atoms with van der Waals surface area (Å²) in [7, 11) is 7.30. The molecule has 2 radical (unpaired) electrons. The molecule has 0 aliphatic heterocycles. The zero-order chi connectivity index (χ0) is 11.0. The number of methoxy groups -OCH3 is 1. The van der Waals surface area contributed by atoms with E-state index in [0.717, 1.165) is 5.52 Å². The Hall–Kier alpha value is -1.52. The van der Waals surface area contributed by atoms with Gasteiger partial charge in [0.05, 0.1) is 12.6 Å². The van der Waals surface area contributed by atoms with Crippen molar-refractivity contribution < 1.29 is 4.74 Å². The monoisotopic (exact) mass is 201 g/mol. The van der Waals surface area contributed by atoms with Gasteiger partial charge < -0.3 is 4.74 Å². The van der Waals surface area contributed by atoms with Gasteiger partial charge in [-0.05, 0) is 19.9 Å². The van der Waals surface area contributed by atoms with Gasteiger partial charge in [0.1, 0.15) is 7.85 Å². The third kappa shape index (κ3) is 1.58. The molecule has 2 rings (SSSR count). The largest absolute Gasteiger partial charge is 0.468 e. The van der Waals surface area contributed by atoms with E-state index in [-0.39, 0.29) is 6.04 Å². The molecule has 2 aromatic heterocycles. The molecule has 0 bridgehead atoms. The van der Waals surface area contributed by atoms with Crippen LogP contribution < -0.4 is 10.2 Å². The summed E-state index contributed by atoms with van der Waals surface area (Å²) in [5.41, 5.74) is 2.20. The molecule has 0 spiro atoms. The molecule has 0 saturated carbocycles. The first kappa shape index (κ1) is 10.0. The molecule has 0 aromatic carbocycles. The summed E-state index contributed by atoms with van der Waals surface area (Å²) < 4.78 is 7.17. The number of rotatable bonds is 2. The van der Waals surface area contributed by atoms with Gasteiger partial charge in [0.2, 0.25) is 0 Å². The highest BCUT2D eigenvalue weighted by Gasteiger charge is 2.14. The summed E-state index contributed by atoms with van der Waals surface area (Å²) in [6.45, 7) is 4.12. The van der Waals surface area contributed by atoms with Gasteiger partial charge >= 0.3 is 0 Å². The summed E-state index contributed by atoms with van der Waals surface area (Å²) in [5.74, 6) is 0. The fourth-order valence-electron chi connectivity index (χ4n) is 1.62. The average Bonchev–Trinajstić information content (AvgIpc) is 2.55. The molecule has 0 aliphatic rings.